The number of benzene rings is 1. The van der Waals surface area contributed by atoms with E-state index in [9.17, 15) is 8.42 Å². The second-order valence-electron chi connectivity index (χ2n) is 8.65. The number of aryl methyl sites for hydroxylation is 1. The van der Waals surface area contributed by atoms with E-state index in [1.54, 1.807) is 11.4 Å². The molecule has 0 radical (unpaired) electrons. The van der Waals surface area contributed by atoms with Gasteiger partial charge in [0.05, 0.1) is 12.9 Å². The first-order valence-corrected chi connectivity index (χ1v) is 12.9. The topological polar surface area (TPSA) is 49.9 Å². The SMILES string of the molecule is C=C(/C=C\C(=C/C)c1ccccc1C)[C@@H]1[C@@H](COC)N2CCCCN(S(C)(=O)=O)C[C@@H]12. The van der Waals surface area contributed by atoms with Crippen LogP contribution < -0.4 is 0 Å². The van der Waals surface area contributed by atoms with Gasteiger partial charge in [-0.15, -0.1) is 0 Å². The Morgan fingerprint density at radius 2 is 1.94 bits per heavy atom. The van der Waals surface area contributed by atoms with Gasteiger partial charge in [0.25, 0.3) is 0 Å². The van der Waals surface area contributed by atoms with Gasteiger partial charge < -0.3 is 4.74 Å². The highest BCUT2D eigenvalue weighted by atomic mass is 32.2. The number of fused-ring (bicyclic) bond motifs is 1. The summed E-state index contributed by atoms with van der Waals surface area (Å²) in [6.07, 6.45) is 9.56. The lowest BCUT2D eigenvalue weighted by atomic mass is 9.74. The summed E-state index contributed by atoms with van der Waals surface area (Å²) in [7, 11) is -1.49. The highest BCUT2D eigenvalue weighted by molar-refractivity contribution is 7.88. The van der Waals surface area contributed by atoms with E-state index in [0.29, 0.717) is 19.7 Å². The van der Waals surface area contributed by atoms with Crippen molar-refractivity contribution in [2.24, 2.45) is 5.92 Å². The molecule has 0 saturated carbocycles. The van der Waals surface area contributed by atoms with Gasteiger partial charge in [-0.3, -0.25) is 4.90 Å². The Morgan fingerprint density at radius 3 is 2.58 bits per heavy atom. The van der Waals surface area contributed by atoms with Crippen LogP contribution >= 0.6 is 0 Å². The van der Waals surface area contributed by atoms with Crippen molar-refractivity contribution in [1.29, 1.82) is 0 Å². The molecule has 2 fully saturated rings. The molecule has 0 unspecified atom stereocenters. The highest BCUT2D eigenvalue weighted by Gasteiger charge is 2.50. The third-order valence-electron chi connectivity index (χ3n) is 6.62. The van der Waals surface area contributed by atoms with Gasteiger partial charge in [0.1, 0.15) is 0 Å². The van der Waals surface area contributed by atoms with E-state index < -0.39 is 10.0 Å². The molecule has 0 aliphatic carbocycles. The van der Waals surface area contributed by atoms with Gasteiger partial charge in [-0.25, -0.2) is 12.7 Å². The Hall–Kier alpha value is -1.73. The van der Waals surface area contributed by atoms with Crippen molar-refractivity contribution in [2.45, 2.75) is 38.8 Å². The van der Waals surface area contributed by atoms with Crippen molar-refractivity contribution in [3.63, 3.8) is 0 Å². The van der Waals surface area contributed by atoms with Gasteiger partial charge in [-0.05, 0) is 55.5 Å². The van der Waals surface area contributed by atoms with Crippen LogP contribution in [0.15, 0.2) is 54.6 Å². The molecule has 170 valence electrons. The lowest BCUT2D eigenvalue weighted by molar-refractivity contribution is -0.0806. The zero-order chi connectivity index (χ0) is 22.6. The molecule has 0 bridgehead atoms. The summed E-state index contributed by atoms with van der Waals surface area (Å²) >= 11 is 0. The molecule has 2 aliphatic heterocycles. The maximum atomic E-state index is 12.3. The van der Waals surface area contributed by atoms with E-state index >= 15 is 0 Å². The summed E-state index contributed by atoms with van der Waals surface area (Å²) in [5, 5.41) is 0. The minimum atomic E-state index is -3.22. The van der Waals surface area contributed by atoms with Crippen LogP contribution in [0.1, 0.15) is 30.9 Å². The van der Waals surface area contributed by atoms with Crippen LogP contribution in [0.2, 0.25) is 0 Å². The molecular weight excluding hydrogens is 408 g/mol. The summed E-state index contributed by atoms with van der Waals surface area (Å²) in [6, 6.07) is 8.74. The molecule has 3 atom stereocenters. The molecule has 1 aromatic carbocycles. The minimum Gasteiger partial charge on any atom is -0.383 e. The van der Waals surface area contributed by atoms with Gasteiger partial charge in [0.15, 0.2) is 0 Å². The van der Waals surface area contributed by atoms with Crippen LogP contribution in [0.3, 0.4) is 0 Å². The maximum Gasteiger partial charge on any atom is 0.211 e. The second-order valence-corrected chi connectivity index (χ2v) is 10.6. The van der Waals surface area contributed by atoms with Gasteiger partial charge in [0.2, 0.25) is 10.0 Å². The summed E-state index contributed by atoms with van der Waals surface area (Å²) in [6.45, 7) is 11.3. The summed E-state index contributed by atoms with van der Waals surface area (Å²) < 4.78 is 31.7. The Bertz CT molecular complexity index is 951. The Kier molecular flexibility index (Phi) is 7.92. The zero-order valence-electron chi connectivity index (χ0n) is 19.3. The first-order valence-electron chi connectivity index (χ1n) is 11.1. The number of rotatable bonds is 7. The molecular formula is C25H36N2O3S. The number of hydrogen-bond acceptors (Lipinski definition) is 4. The van der Waals surface area contributed by atoms with Crippen molar-refractivity contribution in [3.8, 4) is 0 Å². The molecule has 2 aliphatic rings. The lowest BCUT2D eigenvalue weighted by Crippen LogP contribution is -2.69. The first-order chi connectivity index (χ1) is 14.8. The second kappa shape index (κ2) is 10.3. The number of hydrogen-bond donors (Lipinski definition) is 0. The standard InChI is InChI=1S/C25H36N2O3S/c1-6-21(22-12-8-7-11-19(22)2)14-13-20(3)25-23-17-26(31(5,28)29)15-9-10-16-27(23)24(25)18-30-4/h6-8,11-14,23-25H,3,9-10,15-18H2,1-2,4-5H3/b14-13-,21-6+/t23-,24+,25-/m0/s1. The largest absolute Gasteiger partial charge is 0.383 e. The van der Waals surface area contributed by atoms with Crippen LogP contribution in [0, 0.1) is 12.8 Å². The van der Waals surface area contributed by atoms with Crippen molar-refractivity contribution >= 4 is 15.6 Å². The van der Waals surface area contributed by atoms with Crippen LogP contribution in [0.4, 0.5) is 0 Å². The fraction of sp³-hybridized carbons (Fsp3) is 0.520. The Balaban J connectivity index is 1.83. The molecule has 0 spiro atoms. The van der Waals surface area contributed by atoms with E-state index in [-0.39, 0.29) is 18.0 Å². The van der Waals surface area contributed by atoms with Crippen LogP contribution in [0.25, 0.3) is 5.57 Å². The van der Waals surface area contributed by atoms with Crippen molar-refractivity contribution < 1.29 is 13.2 Å². The Morgan fingerprint density at radius 1 is 1.23 bits per heavy atom. The van der Waals surface area contributed by atoms with E-state index in [1.807, 2.05) is 6.92 Å². The number of ether oxygens (including phenoxy) is 1. The van der Waals surface area contributed by atoms with Crippen molar-refractivity contribution in [3.05, 3.63) is 65.8 Å². The molecule has 1 aromatic rings. The molecule has 5 nitrogen and oxygen atoms in total. The molecule has 3 rings (SSSR count). The van der Waals surface area contributed by atoms with Crippen molar-refractivity contribution in [2.75, 3.05) is 39.6 Å². The Labute approximate surface area is 188 Å². The molecule has 2 saturated heterocycles. The van der Waals surface area contributed by atoms with Gasteiger partial charge in [-0.1, -0.05) is 49.1 Å². The van der Waals surface area contributed by atoms with E-state index in [4.69, 9.17) is 4.74 Å². The molecule has 0 amide bonds. The molecule has 2 heterocycles. The fourth-order valence-electron chi connectivity index (χ4n) is 4.96. The summed E-state index contributed by atoms with van der Waals surface area (Å²) in [5.74, 6) is 0.175. The number of methoxy groups -OCH3 is 1. The molecule has 0 N–H and O–H groups in total. The van der Waals surface area contributed by atoms with E-state index in [0.717, 1.165) is 30.5 Å². The lowest BCUT2D eigenvalue weighted by Gasteiger charge is -2.57. The maximum absolute atomic E-state index is 12.3. The predicted octanol–water partition coefficient (Wildman–Crippen LogP) is 3.88. The van der Waals surface area contributed by atoms with Gasteiger partial charge in [0, 0.05) is 38.2 Å². The average molecular weight is 445 g/mol. The summed E-state index contributed by atoms with van der Waals surface area (Å²) in [5.41, 5.74) is 4.65. The van der Waals surface area contributed by atoms with Crippen LogP contribution in [-0.2, 0) is 14.8 Å². The molecule has 31 heavy (non-hydrogen) atoms. The molecule has 0 aromatic heterocycles. The highest BCUT2D eigenvalue weighted by Crippen LogP contribution is 2.40. The normalized spacial score (nSPS) is 26.2. The van der Waals surface area contributed by atoms with Crippen LogP contribution in [-0.4, -0.2) is 69.3 Å². The van der Waals surface area contributed by atoms with Crippen LogP contribution in [0.5, 0.6) is 0 Å². The number of allylic oxidation sites excluding steroid dienone is 4. The smallest absolute Gasteiger partial charge is 0.211 e. The third-order valence-corrected chi connectivity index (χ3v) is 7.89. The monoisotopic (exact) mass is 444 g/mol. The van der Waals surface area contributed by atoms with Gasteiger partial charge in [-0.2, -0.15) is 0 Å². The minimum absolute atomic E-state index is 0.139. The zero-order valence-corrected chi connectivity index (χ0v) is 20.1. The van der Waals surface area contributed by atoms with E-state index in [2.05, 4.69) is 60.9 Å². The molecule has 6 heteroatoms. The number of nitrogens with zero attached hydrogens (tertiary/aromatic N) is 2. The van der Waals surface area contributed by atoms with Crippen molar-refractivity contribution in [1.82, 2.24) is 9.21 Å². The van der Waals surface area contributed by atoms with E-state index in [1.165, 1.54) is 17.4 Å². The number of sulfonamides is 1. The van der Waals surface area contributed by atoms with Gasteiger partial charge >= 0.3 is 0 Å². The quantitative estimate of drug-likeness (QED) is 0.599. The third kappa shape index (κ3) is 5.37. The first kappa shape index (κ1) is 23.9. The summed E-state index contributed by atoms with van der Waals surface area (Å²) in [4.78, 5) is 2.42. The predicted molar refractivity (Wildman–Crippen MR) is 128 cm³/mol. The average Bonchev–Trinajstić information content (AvgIpc) is 2.70. The fourth-order valence-corrected chi connectivity index (χ4v) is 5.84.